The summed E-state index contributed by atoms with van der Waals surface area (Å²) in [7, 11) is 0. The Morgan fingerprint density at radius 3 is 0.919 bits per heavy atom. The molecule has 0 aromatic heterocycles. The quantitative estimate of drug-likeness (QED) is 0.203. The smallest absolute Gasteiger partial charge is 0.399 e. The zero-order valence-electron chi connectivity index (χ0n) is 19.2. The molecule has 192 valence electrons. The highest BCUT2D eigenvalue weighted by Gasteiger charge is 2.32. The first-order valence-electron chi connectivity index (χ1n) is 11.1. The van der Waals surface area contributed by atoms with Crippen LogP contribution in [0.2, 0.25) is 0 Å². The fourth-order valence-electron chi connectivity index (χ4n) is 3.87. The summed E-state index contributed by atoms with van der Waals surface area (Å²) in [6.45, 7) is 0. The second-order valence-corrected chi connectivity index (χ2v) is 8.47. The van der Waals surface area contributed by atoms with Gasteiger partial charge in [-0.05, 0) is 70.8 Å². The predicted molar refractivity (Wildman–Crippen MR) is 129 cm³/mol. The lowest BCUT2D eigenvalue weighted by atomic mass is 9.96. The van der Waals surface area contributed by atoms with E-state index in [4.69, 9.17) is 16.2 Å². The van der Waals surface area contributed by atoms with Crippen molar-refractivity contribution in [3.8, 4) is 0 Å². The molecule has 37 heavy (non-hydrogen) atoms. The van der Waals surface area contributed by atoms with Crippen molar-refractivity contribution < 1.29 is 31.1 Å². The molecule has 2 unspecified atom stereocenters. The van der Waals surface area contributed by atoms with E-state index in [9.17, 15) is 26.3 Å². The van der Waals surface area contributed by atoms with Crippen LogP contribution in [0.3, 0.4) is 0 Å². The van der Waals surface area contributed by atoms with E-state index in [1.54, 1.807) is 48.5 Å². The molecule has 4 aromatic rings. The van der Waals surface area contributed by atoms with Crippen LogP contribution in [0.25, 0.3) is 0 Å². The van der Waals surface area contributed by atoms with E-state index in [1.165, 1.54) is 24.3 Å². The van der Waals surface area contributed by atoms with Crippen LogP contribution in [0.5, 0.6) is 0 Å². The Bertz CT molecular complexity index is 1210. The number of hydrogen-bond donors (Lipinski definition) is 2. The topological polar surface area (TPSA) is 61.3 Å². The van der Waals surface area contributed by atoms with Gasteiger partial charge < -0.3 is 16.2 Å². The number of nitrogens with two attached hydrogens (primary N) is 2. The lowest BCUT2D eigenvalue weighted by Crippen LogP contribution is -2.14. The highest BCUT2D eigenvalue weighted by atomic mass is 19.4. The molecule has 0 saturated heterocycles. The molecule has 0 aliphatic heterocycles. The molecule has 3 nitrogen and oxygen atoms in total. The maximum atomic E-state index is 13.2. The van der Waals surface area contributed by atoms with Gasteiger partial charge in [-0.25, -0.2) is 0 Å². The Kier molecular flexibility index (Phi) is 7.18. The summed E-state index contributed by atoms with van der Waals surface area (Å²) in [4.78, 5) is 0. The number of rotatable bonds is 6. The van der Waals surface area contributed by atoms with E-state index >= 15 is 0 Å². The molecule has 4 aromatic carbocycles. The Morgan fingerprint density at radius 2 is 0.676 bits per heavy atom. The molecule has 0 bridgehead atoms. The number of ether oxygens (including phenoxy) is 1. The minimum Gasteiger partial charge on any atom is -0.399 e. The first kappa shape index (κ1) is 26.1. The van der Waals surface area contributed by atoms with Gasteiger partial charge in [0, 0.05) is 11.4 Å². The minimum absolute atomic E-state index is 0.421. The van der Waals surface area contributed by atoms with Crippen molar-refractivity contribution in [2.24, 2.45) is 0 Å². The number of nitrogen functional groups attached to an aromatic ring is 2. The summed E-state index contributed by atoms with van der Waals surface area (Å²) in [6, 6.07) is 22.4. The molecule has 9 heteroatoms. The van der Waals surface area contributed by atoms with Gasteiger partial charge in [-0.1, -0.05) is 48.5 Å². The van der Waals surface area contributed by atoms with E-state index in [-0.39, 0.29) is 0 Å². The second-order valence-electron chi connectivity index (χ2n) is 8.47. The van der Waals surface area contributed by atoms with Gasteiger partial charge in [0.2, 0.25) is 0 Å². The average molecular weight is 516 g/mol. The van der Waals surface area contributed by atoms with E-state index in [0.29, 0.717) is 33.6 Å². The molecular weight excluding hydrogens is 494 g/mol. The molecule has 0 aliphatic rings. The minimum atomic E-state index is -4.51. The predicted octanol–water partition coefficient (Wildman–Crippen LogP) is 7.78. The van der Waals surface area contributed by atoms with Crippen molar-refractivity contribution >= 4 is 11.4 Å². The van der Waals surface area contributed by atoms with Crippen LogP contribution in [0.15, 0.2) is 97.1 Å². The maximum absolute atomic E-state index is 13.2. The summed E-state index contributed by atoms with van der Waals surface area (Å²) < 4.78 is 85.4. The molecule has 0 heterocycles. The SMILES string of the molecule is Nc1ccc(C(OC(c2ccc(N)cc2)c2ccc(C(F)(F)F)cc2)c2ccc(C(F)(F)F)cc2)cc1. The van der Waals surface area contributed by atoms with Crippen molar-refractivity contribution in [3.63, 3.8) is 0 Å². The Labute approximate surface area is 209 Å². The highest BCUT2D eigenvalue weighted by Crippen LogP contribution is 2.39. The van der Waals surface area contributed by atoms with Gasteiger partial charge in [-0.15, -0.1) is 0 Å². The van der Waals surface area contributed by atoms with Crippen LogP contribution in [0.4, 0.5) is 37.7 Å². The largest absolute Gasteiger partial charge is 0.416 e. The molecule has 0 amide bonds. The van der Waals surface area contributed by atoms with Gasteiger partial charge >= 0.3 is 12.4 Å². The summed E-state index contributed by atoms with van der Waals surface area (Å²) in [5.41, 5.74) is 13.0. The third kappa shape index (κ3) is 6.24. The summed E-state index contributed by atoms with van der Waals surface area (Å²) in [5, 5.41) is 0. The molecule has 0 aliphatic carbocycles. The number of anilines is 2. The van der Waals surface area contributed by atoms with Crippen molar-refractivity contribution in [1.29, 1.82) is 0 Å². The monoisotopic (exact) mass is 516 g/mol. The van der Waals surface area contributed by atoms with Gasteiger partial charge in [0.05, 0.1) is 11.1 Å². The van der Waals surface area contributed by atoms with E-state index < -0.39 is 35.7 Å². The number of hydrogen-bond acceptors (Lipinski definition) is 3. The fraction of sp³-hybridized carbons (Fsp3) is 0.143. The molecular formula is C28H22F6N2O. The Hall–Kier alpha value is -3.98. The number of alkyl halides is 6. The Morgan fingerprint density at radius 1 is 0.432 bits per heavy atom. The van der Waals surface area contributed by atoms with Crippen molar-refractivity contribution in [3.05, 3.63) is 130 Å². The van der Waals surface area contributed by atoms with Crippen LogP contribution >= 0.6 is 0 Å². The molecule has 0 saturated carbocycles. The van der Waals surface area contributed by atoms with E-state index in [0.717, 1.165) is 24.3 Å². The van der Waals surface area contributed by atoms with Crippen LogP contribution in [0.1, 0.15) is 45.6 Å². The lowest BCUT2D eigenvalue weighted by molar-refractivity contribution is -0.138. The van der Waals surface area contributed by atoms with Crippen LogP contribution in [-0.4, -0.2) is 0 Å². The molecule has 4 rings (SSSR count). The zero-order chi connectivity index (χ0) is 26.8. The van der Waals surface area contributed by atoms with Crippen LogP contribution in [0, 0.1) is 0 Å². The summed E-state index contributed by atoms with van der Waals surface area (Å²) >= 11 is 0. The van der Waals surface area contributed by atoms with Crippen LogP contribution < -0.4 is 11.5 Å². The first-order valence-corrected chi connectivity index (χ1v) is 11.1. The average Bonchev–Trinajstić information content (AvgIpc) is 2.85. The summed E-state index contributed by atoms with van der Waals surface area (Å²) in [5.74, 6) is 0. The van der Waals surface area contributed by atoms with Gasteiger partial charge in [0.1, 0.15) is 12.2 Å². The maximum Gasteiger partial charge on any atom is 0.416 e. The third-order valence-electron chi connectivity index (χ3n) is 5.83. The van der Waals surface area contributed by atoms with Gasteiger partial charge in [-0.3, -0.25) is 0 Å². The molecule has 4 N–H and O–H groups in total. The zero-order valence-corrected chi connectivity index (χ0v) is 19.2. The van der Waals surface area contributed by atoms with Crippen molar-refractivity contribution in [1.82, 2.24) is 0 Å². The number of benzene rings is 4. The highest BCUT2D eigenvalue weighted by molar-refractivity contribution is 5.44. The van der Waals surface area contributed by atoms with Crippen molar-refractivity contribution in [2.75, 3.05) is 11.5 Å². The second kappa shape index (κ2) is 10.2. The van der Waals surface area contributed by atoms with Gasteiger partial charge in [-0.2, -0.15) is 26.3 Å². The fourth-order valence-corrected chi connectivity index (χ4v) is 3.87. The molecule has 0 radical (unpaired) electrons. The normalized spacial score (nSPS) is 13.8. The molecule has 0 fully saturated rings. The third-order valence-corrected chi connectivity index (χ3v) is 5.83. The van der Waals surface area contributed by atoms with Crippen LogP contribution in [-0.2, 0) is 17.1 Å². The first-order chi connectivity index (χ1) is 17.4. The summed E-state index contributed by atoms with van der Waals surface area (Å²) in [6.07, 6.45) is -10.8. The van der Waals surface area contributed by atoms with E-state index in [1.807, 2.05) is 0 Å². The van der Waals surface area contributed by atoms with Gasteiger partial charge in [0.25, 0.3) is 0 Å². The number of halogens is 6. The van der Waals surface area contributed by atoms with Crippen molar-refractivity contribution in [2.45, 2.75) is 24.6 Å². The Balaban J connectivity index is 1.79. The van der Waals surface area contributed by atoms with Gasteiger partial charge in [0.15, 0.2) is 0 Å². The standard InChI is InChI=1S/C28H22F6N2O/c29-27(30,31)21-9-1-17(2-10-21)25(19-5-13-23(35)14-6-19)37-26(20-7-15-24(36)16-8-20)18-3-11-22(12-4-18)28(32,33)34/h1-16,25-26H,35-36H2. The molecule has 0 spiro atoms. The van der Waals surface area contributed by atoms with E-state index in [2.05, 4.69) is 0 Å². The molecule has 2 atom stereocenters. The lowest BCUT2D eigenvalue weighted by Gasteiger charge is -2.27.